The lowest BCUT2D eigenvalue weighted by atomic mass is 10.0. The minimum atomic E-state index is -4.68. The van der Waals surface area contributed by atoms with Crippen LogP contribution in [0.25, 0.3) is 0 Å². The first-order chi connectivity index (χ1) is 40.0. The molecule has 0 radical (unpaired) electrons. The van der Waals surface area contributed by atoms with Gasteiger partial charge in [0.05, 0.1) is 38.7 Å². The second kappa shape index (κ2) is 47.6. The zero-order valence-corrected chi connectivity index (χ0v) is 51.2. The number of anilines is 1. The number of carbonyl (C=O) groups is 5. The fourth-order valence-corrected chi connectivity index (χ4v) is 10.4. The van der Waals surface area contributed by atoms with E-state index in [-0.39, 0.29) is 77.0 Å². The molecule has 3 N–H and O–H groups in total. The molecule has 3 amide bonds. The Morgan fingerprint density at radius 1 is 0.524 bits per heavy atom. The molecule has 0 saturated heterocycles. The fraction of sp³-hybridized carbons (Fsp3) is 0.708. The molecular weight excluding hydrogens is 1060 g/mol. The number of fused-ring (bicyclic) bond motifs is 2. The number of benzene rings is 2. The molecule has 2 aromatic rings. The summed E-state index contributed by atoms with van der Waals surface area (Å²) in [6, 6.07) is 15.2. The SMILES string of the molecule is CCCCCCCCCCCCCCCCCC(=O)OC[C@H](COP(=O)(O)OCCNC(=O)OCCOCCC(=O)NCCC(=O)N1Cc2ccccc2C#Cc2ccccc21)OC(=O)CCCCCCCCCCCCCCCCC. The summed E-state index contributed by atoms with van der Waals surface area (Å²) in [6.45, 7) is 3.44. The van der Waals surface area contributed by atoms with Crippen LogP contribution in [0, 0.1) is 11.8 Å². The molecule has 462 valence electrons. The molecule has 0 fully saturated rings. The molecule has 17 heteroatoms. The maximum Gasteiger partial charge on any atom is 0.472 e. The second-order valence-corrected chi connectivity index (χ2v) is 23.2. The number of unbranched alkanes of at least 4 members (excludes halogenated alkanes) is 28. The Hall–Kier alpha value is -4.78. The quantitative estimate of drug-likeness (QED) is 0.0186. The van der Waals surface area contributed by atoms with Crippen molar-refractivity contribution in [2.24, 2.45) is 0 Å². The highest BCUT2D eigenvalue weighted by molar-refractivity contribution is 7.47. The van der Waals surface area contributed by atoms with E-state index in [1.54, 1.807) is 4.90 Å². The zero-order valence-electron chi connectivity index (χ0n) is 50.3. The van der Waals surface area contributed by atoms with Crippen LogP contribution in [0.5, 0.6) is 0 Å². The van der Waals surface area contributed by atoms with Gasteiger partial charge in [0.1, 0.15) is 13.2 Å². The third-order valence-corrected chi connectivity index (χ3v) is 15.5. The predicted molar refractivity (Wildman–Crippen MR) is 324 cm³/mol. The van der Waals surface area contributed by atoms with Crippen LogP contribution in [-0.2, 0) is 58.3 Å². The molecule has 3 rings (SSSR count). The normalized spacial score (nSPS) is 12.8. The van der Waals surface area contributed by atoms with Crippen LogP contribution < -0.4 is 15.5 Å². The minimum absolute atomic E-state index is 0.00807. The Morgan fingerprint density at radius 2 is 1.02 bits per heavy atom. The summed E-state index contributed by atoms with van der Waals surface area (Å²) >= 11 is 0. The number of para-hydroxylation sites is 1. The Morgan fingerprint density at radius 3 is 1.60 bits per heavy atom. The van der Waals surface area contributed by atoms with Crippen molar-refractivity contribution in [3.8, 4) is 11.8 Å². The molecule has 2 atom stereocenters. The first-order valence-corrected chi connectivity index (χ1v) is 33.2. The summed E-state index contributed by atoms with van der Waals surface area (Å²) in [7, 11) is -4.68. The lowest BCUT2D eigenvalue weighted by Crippen LogP contribution is -2.35. The predicted octanol–water partition coefficient (Wildman–Crippen LogP) is 14.7. The molecule has 1 heterocycles. The van der Waals surface area contributed by atoms with E-state index in [1.807, 2.05) is 48.5 Å². The number of rotatable bonds is 51. The summed E-state index contributed by atoms with van der Waals surface area (Å²) in [6.07, 6.45) is 34.8. The van der Waals surface area contributed by atoms with Gasteiger partial charge in [-0.3, -0.25) is 28.2 Å². The van der Waals surface area contributed by atoms with Gasteiger partial charge in [0.2, 0.25) is 11.8 Å². The summed E-state index contributed by atoms with van der Waals surface area (Å²) < 4.78 is 44.6. The first-order valence-electron chi connectivity index (χ1n) is 31.7. The number of ether oxygens (including phenoxy) is 4. The number of nitrogens with zero attached hydrogens (tertiary/aromatic N) is 1. The molecule has 1 unspecified atom stereocenters. The van der Waals surface area contributed by atoms with E-state index in [0.29, 0.717) is 19.4 Å². The smallest absolute Gasteiger partial charge is 0.462 e. The van der Waals surface area contributed by atoms with Gasteiger partial charge in [0.25, 0.3) is 0 Å². The average molecular weight is 1170 g/mol. The van der Waals surface area contributed by atoms with Gasteiger partial charge >= 0.3 is 25.9 Å². The molecule has 0 aromatic heterocycles. The van der Waals surface area contributed by atoms with Gasteiger partial charge in [-0.15, -0.1) is 0 Å². The largest absolute Gasteiger partial charge is 0.472 e. The third kappa shape index (κ3) is 36.7. The van der Waals surface area contributed by atoms with Crippen molar-refractivity contribution in [3.05, 3.63) is 65.2 Å². The van der Waals surface area contributed by atoms with E-state index in [2.05, 4.69) is 36.3 Å². The van der Waals surface area contributed by atoms with E-state index in [9.17, 15) is 33.4 Å². The maximum absolute atomic E-state index is 13.4. The zero-order chi connectivity index (χ0) is 59.0. The number of nitrogens with one attached hydrogen (secondary N) is 2. The Bertz CT molecular complexity index is 2160. The van der Waals surface area contributed by atoms with E-state index in [0.717, 1.165) is 60.9 Å². The maximum atomic E-state index is 13.4. The summed E-state index contributed by atoms with van der Waals surface area (Å²) in [5, 5.41) is 5.16. The average Bonchev–Trinajstić information content (AvgIpc) is 3.66. The Kier molecular flexibility index (Phi) is 41.5. The molecule has 0 aliphatic carbocycles. The number of hydrogen-bond acceptors (Lipinski definition) is 12. The highest BCUT2D eigenvalue weighted by Crippen LogP contribution is 2.43. The van der Waals surface area contributed by atoms with Crippen molar-refractivity contribution in [2.45, 2.75) is 245 Å². The molecule has 16 nitrogen and oxygen atoms in total. The number of amides is 3. The standard InChI is InChI=1S/C65H104N3O13P/c1-3-5-7-9-11-13-15-17-19-21-23-25-27-29-31-41-63(71)78-54-59(81-64(72)42-32-30-28-26-24-22-20-18-16-14-12-10-8-6-4-2)55-80-82(74,75)79-50-48-67-65(73)77-52-51-76-49-46-61(69)66-47-45-62(70)68-53-58-39-34-33-37-56(58)43-44-57-38-35-36-40-60(57)68/h33-40,59H,3-32,41-42,45-55H2,1-2H3,(H,66,69)(H,67,73)(H,74,75)/t59-/m1/s1. The molecule has 2 aromatic carbocycles. The van der Waals surface area contributed by atoms with Crippen LogP contribution >= 0.6 is 7.82 Å². The molecule has 1 aliphatic heterocycles. The highest BCUT2D eigenvalue weighted by Gasteiger charge is 2.27. The van der Waals surface area contributed by atoms with Crippen LogP contribution in [0.1, 0.15) is 249 Å². The van der Waals surface area contributed by atoms with Crippen molar-refractivity contribution in [2.75, 3.05) is 57.6 Å². The van der Waals surface area contributed by atoms with E-state index < -0.39 is 45.2 Å². The van der Waals surface area contributed by atoms with Gasteiger partial charge in [0, 0.05) is 49.9 Å². The van der Waals surface area contributed by atoms with E-state index in [1.165, 1.54) is 141 Å². The number of carbonyl (C=O) groups excluding carboxylic acids is 5. The monoisotopic (exact) mass is 1170 g/mol. The molecule has 0 saturated carbocycles. The van der Waals surface area contributed by atoms with Gasteiger partial charge in [-0.1, -0.05) is 236 Å². The third-order valence-electron chi connectivity index (χ3n) is 14.5. The molecular formula is C65H104N3O13P. The van der Waals surface area contributed by atoms with Gasteiger partial charge in [0.15, 0.2) is 6.10 Å². The van der Waals surface area contributed by atoms with Crippen LogP contribution in [-0.4, -0.2) is 93.6 Å². The molecule has 1 aliphatic rings. The summed E-state index contributed by atoms with van der Waals surface area (Å²) in [4.78, 5) is 75.9. The van der Waals surface area contributed by atoms with Crippen molar-refractivity contribution in [1.29, 1.82) is 0 Å². The van der Waals surface area contributed by atoms with Crippen LogP contribution in [0.3, 0.4) is 0 Å². The number of phosphoric ester groups is 1. The highest BCUT2D eigenvalue weighted by atomic mass is 31.2. The van der Waals surface area contributed by atoms with E-state index in [4.69, 9.17) is 28.0 Å². The van der Waals surface area contributed by atoms with Gasteiger partial charge < -0.3 is 39.4 Å². The van der Waals surface area contributed by atoms with Gasteiger partial charge in [-0.25, -0.2) is 9.36 Å². The van der Waals surface area contributed by atoms with Crippen molar-refractivity contribution >= 4 is 43.4 Å². The van der Waals surface area contributed by atoms with Crippen molar-refractivity contribution < 1.29 is 61.4 Å². The number of esters is 2. The lowest BCUT2D eigenvalue weighted by molar-refractivity contribution is -0.161. The number of hydrogen-bond donors (Lipinski definition) is 3. The Labute approximate surface area is 493 Å². The fourth-order valence-electron chi connectivity index (χ4n) is 9.68. The van der Waals surface area contributed by atoms with Crippen LogP contribution in [0.2, 0.25) is 0 Å². The van der Waals surface area contributed by atoms with Gasteiger partial charge in [-0.2, -0.15) is 0 Å². The summed E-state index contributed by atoms with van der Waals surface area (Å²) in [5.41, 5.74) is 3.27. The van der Waals surface area contributed by atoms with Crippen LogP contribution in [0.15, 0.2) is 48.5 Å². The Balaban J connectivity index is 1.27. The topological polar surface area (TPSA) is 205 Å². The first kappa shape index (κ1) is 71.5. The number of phosphoric acid groups is 1. The molecule has 0 spiro atoms. The summed E-state index contributed by atoms with van der Waals surface area (Å²) in [5.74, 6) is 4.98. The van der Waals surface area contributed by atoms with E-state index >= 15 is 0 Å². The van der Waals surface area contributed by atoms with Crippen molar-refractivity contribution in [1.82, 2.24) is 10.6 Å². The van der Waals surface area contributed by atoms with Crippen molar-refractivity contribution in [3.63, 3.8) is 0 Å². The minimum Gasteiger partial charge on any atom is -0.462 e. The second-order valence-electron chi connectivity index (χ2n) is 21.7. The number of alkyl carbamates (subject to hydrolysis) is 1. The van der Waals surface area contributed by atoms with Crippen LogP contribution in [0.4, 0.5) is 10.5 Å². The molecule has 82 heavy (non-hydrogen) atoms. The van der Waals surface area contributed by atoms with Gasteiger partial charge in [-0.05, 0) is 36.6 Å². The molecule has 0 bridgehead atoms. The lowest BCUT2D eigenvalue weighted by Gasteiger charge is -2.26.